The number of rotatable bonds is 3. The van der Waals surface area contributed by atoms with E-state index in [1.54, 1.807) is 36.4 Å². The second kappa shape index (κ2) is 5.78. The van der Waals surface area contributed by atoms with Gasteiger partial charge in [-0.3, -0.25) is 4.79 Å². The lowest BCUT2D eigenvalue weighted by atomic mass is 10.2. The first-order valence-corrected chi connectivity index (χ1v) is 9.00. The van der Waals surface area contributed by atoms with Gasteiger partial charge in [0.2, 0.25) is 0 Å². The van der Waals surface area contributed by atoms with Gasteiger partial charge < -0.3 is 9.73 Å². The van der Waals surface area contributed by atoms with Gasteiger partial charge in [-0.1, -0.05) is 11.6 Å². The van der Waals surface area contributed by atoms with Crippen molar-refractivity contribution < 1.29 is 17.6 Å². The van der Waals surface area contributed by atoms with Gasteiger partial charge in [0.15, 0.2) is 15.6 Å². The van der Waals surface area contributed by atoms with Gasteiger partial charge in [-0.15, -0.1) is 0 Å². The summed E-state index contributed by atoms with van der Waals surface area (Å²) in [5, 5.41) is 3.31. The minimum absolute atomic E-state index is 0.0104. The molecule has 1 unspecified atom stereocenters. The van der Waals surface area contributed by atoms with Crippen LogP contribution in [0.15, 0.2) is 40.8 Å². The van der Waals surface area contributed by atoms with Gasteiger partial charge in [0.05, 0.1) is 11.5 Å². The summed E-state index contributed by atoms with van der Waals surface area (Å²) >= 11 is 5.83. The Kier molecular flexibility index (Phi) is 3.97. The zero-order chi connectivity index (χ0) is 15.7. The van der Waals surface area contributed by atoms with Gasteiger partial charge >= 0.3 is 0 Å². The van der Waals surface area contributed by atoms with Crippen molar-refractivity contribution in [1.82, 2.24) is 5.32 Å². The van der Waals surface area contributed by atoms with E-state index in [9.17, 15) is 13.2 Å². The van der Waals surface area contributed by atoms with Gasteiger partial charge in [-0.2, -0.15) is 0 Å². The van der Waals surface area contributed by atoms with Gasteiger partial charge in [-0.25, -0.2) is 8.42 Å². The summed E-state index contributed by atoms with van der Waals surface area (Å²) in [7, 11) is -3.02. The fourth-order valence-corrected chi connectivity index (χ4v) is 4.19. The van der Waals surface area contributed by atoms with Crippen molar-refractivity contribution in [2.24, 2.45) is 0 Å². The molecule has 3 rings (SSSR count). The molecule has 1 aromatic heterocycles. The van der Waals surface area contributed by atoms with Gasteiger partial charge in [0.25, 0.3) is 5.91 Å². The molecule has 1 aliphatic rings. The van der Waals surface area contributed by atoms with Crippen molar-refractivity contribution in [3.63, 3.8) is 0 Å². The second-order valence-corrected chi connectivity index (χ2v) is 7.91. The Bertz CT molecular complexity index is 795. The summed E-state index contributed by atoms with van der Waals surface area (Å²) in [6.45, 7) is 0. The maximum atomic E-state index is 12.1. The quantitative estimate of drug-likeness (QED) is 0.932. The number of halogens is 1. The predicted molar refractivity (Wildman–Crippen MR) is 83.7 cm³/mol. The molecule has 22 heavy (non-hydrogen) atoms. The summed E-state index contributed by atoms with van der Waals surface area (Å²) in [6.07, 6.45) is 0.443. The Balaban J connectivity index is 1.71. The molecular weight excluding hydrogens is 326 g/mol. The third-order valence-electron chi connectivity index (χ3n) is 3.53. The average Bonchev–Trinajstić information content (AvgIpc) is 3.06. The first kappa shape index (κ1) is 15.1. The second-order valence-electron chi connectivity index (χ2n) is 5.24. The summed E-state index contributed by atoms with van der Waals surface area (Å²) in [5.74, 6) is 0.424. The first-order chi connectivity index (χ1) is 10.4. The summed E-state index contributed by atoms with van der Waals surface area (Å²) < 4.78 is 28.3. The van der Waals surface area contributed by atoms with Crippen LogP contribution in [-0.4, -0.2) is 31.9 Å². The van der Waals surface area contributed by atoms with E-state index in [0.717, 1.165) is 5.56 Å². The van der Waals surface area contributed by atoms with Crippen molar-refractivity contribution in [1.29, 1.82) is 0 Å². The first-order valence-electron chi connectivity index (χ1n) is 6.80. The van der Waals surface area contributed by atoms with Crippen molar-refractivity contribution in [3.05, 3.63) is 47.2 Å². The number of furan rings is 1. The number of hydrogen-bond acceptors (Lipinski definition) is 4. The Labute approximate surface area is 133 Å². The molecule has 0 saturated carbocycles. The molecule has 1 N–H and O–H groups in total. The monoisotopic (exact) mass is 339 g/mol. The van der Waals surface area contributed by atoms with Crippen LogP contribution in [0.2, 0.25) is 5.02 Å². The highest BCUT2D eigenvalue weighted by molar-refractivity contribution is 7.91. The highest BCUT2D eigenvalue weighted by Crippen LogP contribution is 2.24. The van der Waals surface area contributed by atoms with E-state index in [1.165, 1.54) is 0 Å². The Morgan fingerprint density at radius 1 is 1.18 bits per heavy atom. The molecule has 5 nitrogen and oxygen atoms in total. The molecule has 1 amide bonds. The molecule has 1 aliphatic heterocycles. The van der Waals surface area contributed by atoms with E-state index in [-0.39, 0.29) is 23.3 Å². The number of amides is 1. The number of carbonyl (C=O) groups excluding carboxylic acids is 1. The van der Waals surface area contributed by atoms with Crippen molar-refractivity contribution in [3.8, 4) is 11.3 Å². The highest BCUT2D eigenvalue weighted by atomic mass is 35.5. The molecule has 1 saturated heterocycles. The third kappa shape index (κ3) is 3.34. The lowest BCUT2D eigenvalue weighted by Gasteiger charge is -2.08. The fourth-order valence-electron chi connectivity index (χ4n) is 2.39. The molecule has 0 aliphatic carbocycles. The fraction of sp³-hybridized carbons (Fsp3) is 0.267. The highest BCUT2D eigenvalue weighted by Gasteiger charge is 2.29. The number of nitrogens with one attached hydrogen (secondary N) is 1. The smallest absolute Gasteiger partial charge is 0.287 e. The Morgan fingerprint density at radius 2 is 1.91 bits per heavy atom. The van der Waals surface area contributed by atoms with Crippen LogP contribution in [0, 0.1) is 0 Å². The Morgan fingerprint density at radius 3 is 2.55 bits per heavy atom. The van der Waals surface area contributed by atoms with E-state index in [2.05, 4.69) is 5.32 Å². The average molecular weight is 340 g/mol. The molecule has 1 atom stereocenters. The van der Waals surface area contributed by atoms with Crippen LogP contribution in [0.1, 0.15) is 17.0 Å². The normalized spacial score (nSPS) is 20.0. The van der Waals surface area contributed by atoms with E-state index >= 15 is 0 Å². The van der Waals surface area contributed by atoms with Gasteiger partial charge in [0.1, 0.15) is 5.76 Å². The number of carbonyl (C=O) groups is 1. The molecule has 1 aromatic carbocycles. The van der Waals surface area contributed by atoms with Crippen LogP contribution in [-0.2, 0) is 9.84 Å². The van der Waals surface area contributed by atoms with E-state index in [0.29, 0.717) is 17.2 Å². The van der Waals surface area contributed by atoms with E-state index in [1.807, 2.05) is 0 Å². The van der Waals surface area contributed by atoms with E-state index < -0.39 is 15.7 Å². The third-order valence-corrected chi connectivity index (χ3v) is 5.55. The maximum Gasteiger partial charge on any atom is 0.287 e. The van der Waals surface area contributed by atoms with Crippen molar-refractivity contribution in [2.45, 2.75) is 12.5 Å². The summed E-state index contributed by atoms with van der Waals surface area (Å²) in [5.41, 5.74) is 0.812. The van der Waals surface area contributed by atoms with Crippen LogP contribution in [0.4, 0.5) is 0 Å². The number of sulfone groups is 1. The van der Waals surface area contributed by atoms with Crippen molar-refractivity contribution >= 4 is 27.3 Å². The molecule has 0 bridgehead atoms. The van der Waals surface area contributed by atoms with Crippen LogP contribution >= 0.6 is 11.6 Å². The lowest BCUT2D eigenvalue weighted by Crippen LogP contribution is -2.35. The predicted octanol–water partition coefficient (Wildman–Crippen LogP) is 2.52. The number of benzene rings is 1. The van der Waals surface area contributed by atoms with Crippen LogP contribution in [0.5, 0.6) is 0 Å². The zero-order valence-corrected chi connectivity index (χ0v) is 13.2. The zero-order valence-electron chi connectivity index (χ0n) is 11.6. The molecule has 2 aromatic rings. The molecule has 2 heterocycles. The topological polar surface area (TPSA) is 76.4 Å². The summed E-state index contributed by atoms with van der Waals surface area (Å²) in [6, 6.07) is 10.00. The largest absolute Gasteiger partial charge is 0.451 e. The minimum Gasteiger partial charge on any atom is -0.451 e. The summed E-state index contributed by atoms with van der Waals surface area (Å²) in [4.78, 5) is 12.1. The van der Waals surface area contributed by atoms with Crippen LogP contribution < -0.4 is 5.32 Å². The van der Waals surface area contributed by atoms with E-state index in [4.69, 9.17) is 16.0 Å². The molecule has 0 spiro atoms. The minimum atomic E-state index is -3.02. The van der Waals surface area contributed by atoms with Crippen LogP contribution in [0.3, 0.4) is 0 Å². The van der Waals surface area contributed by atoms with Crippen molar-refractivity contribution in [2.75, 3.05) is 11.5 Å². The molecular formula is C15H14ClNO4S. The molecule has 0 radical (unpaired) electrons. The van der Waals surface area contributed by atoms with Gasteiger partial charge in [0, 0.05) is 16.6 Å². The molecule has 7 heteroatoms. The van der Waals surface area contributed by atoms with Gasteiger partial charge in [-0.05, 0) is 42.8 Å². The maximum absolute atomic E-state index is 12.1. The van der Waals surface area contributed by atoms with Crippen LogP contribution in [0.25, 0.3) is 11.3 Å². The Hall–Kier alpha value is -1.79. The molecule has 116 valence electrons. The molecule has 1 fully saturated rings. The number of hydrogen-bond donors (Lipinski definition) is 1. The standard InChI is InChI=1S/C15H14ClNO4S/c16-11-3-1-10(2-4-11)13-5-6-14(21-13)15(18)17-12-7-8-22(19,20)9-12/h1-6,12H,7-9H2,(H,17,18). The SMILES string of the molecule is O=C(NC1CCS(=O)(=O)C1)c1ccc(-c2ccc(Cl)cc2)o1. The lowest BCUT2D eigenvalue weighted by molar-refractivity contribution is 0.0914.